The molecule has 3 nitrogen and oxygen atoms in total. The molecule has 0 aliphatic heterocycles. The van der Waals surface area contributed by atoms with Gasteiger partial charge in [-0.25, -0.2) is 0 Å². The van der Waals surface area contributed by atoms with Crippen molar-refractivity contribution in [3.63, 3.8) is 0 Å². The summed E-state index contributed by atoms with van der Waals surface area (Å²) in [4.78, 5) is 0. The van der Waals surface area contributed by atoms with Crippen LogP contribution in [0.3, 0.4) is 0 Å². The first-order chi connectivity index (χ1) is 7.60. The molecule has 2 rings (SSSR count). The number of ether oxygens (including phenoxy) is 1. The summed E-state index contributed by atoms with van der Waals surface area (Å²) in [6.07, 6.45) is 2.35. The molecule has 5 heteroatoms. The van der Waals surface area contributed by atoms with E-state index < -0.39 is 0 Å². The summed E-state index contributed by atoms with van der Waals surface area (Å²) in [5, 5.41) is 4.33. The minimum atomic E-state index is 0.362. The highest BCUT2D eigenvalue weighted by Crippen LogP contribution is 2.33. The van der Waals surface area contributed by atoms with Gasteiger partial charge in [0.1, 0.15) is 0 Å². The highest BCUT2D eigenvalue weighted by molar-refractivity contribution is 6.42. The van der Waals surface area contributed by atoms with Crippen molar-refractivity contribution in [3.8, 4) is 0 Å². The van der Waals surface area contributed by atoms with Gasteiger partial charge in [-0.2, -0.15) is 0 Å². The molecule has 3 N–H and O–H groups in total. The zero-order valence-corrected chi connectivity index (χ0v) is 10.5. The maximum absolute atomic E-state index is 5.93. The van der Waals surface area contributed by atoms with Crippen LogP contribution < -0.4 is 11.1 Å². The number of methoxy groups -OCH3 is 1. The van der Waals surface area contributed by atoms with Crippen LogP contribution in [-0.2, 0) is 4.74 Å². The summed E-state index contributed by atoms with van der Waals surface area (Å²) in [5.41, 5.74) is 7.31. The molecule has 0 spiro atoms. The van der Waals surface area contributed by atoms with Gasteiger partial charge in [-0.15, -0.1) is 0 Å². The predicted octanol–water partition coefficient (Wildman–Crippen LogP) is 3.16. The van der Waals surface area contributed by atoms with Crippen LogP contribution in [-0.4, -0.2) is 19.3 Å². The van der Waals surface area contributed by atoms with Gasteiger partial charge < -0.3 is 15.8 Å². The average Bonchev–Trinajstić information content (AvgIpc) is 2.18. The quantitative estimate of drug-likeness (QED) is 0.821. The molecule has 1 fully saturated rings. The van der Waals surface area contributed by atoms with Crippen molar-refractivity contribution in [1.82, 2.24) is 0 Å². The van der Waals surface area contributed by atoms with Gasteiger partial charge in [-0.1, -0.05) is 23.2 Å². The van der Waals surface area contributed by atoms with E-state index in [1.807, 2.05) is 0 Å². The van der Waals surface area contributed by atoms with Gasteiger partial charge >= 0.3 is 0 Å². The Labute approximate surface area is 105 Å². The van der Waals surface area contributed by atoms with E-state index in [0.717, 1.165) is 18.5 Å². The lowest BCUT2D eigenvalue weighted by Gasteiger charge is -2.35. The van der Waals surface area contributed by atoms with E-state index in [0.29, 0.717) is 27.9 Å². The zero-order valence-electron chi connectivity index (χ0n) is 8.97. The summed E-state index contributed by atoms with van der Waals surface area (Å²) in [5.74, 6) is 0. The molecule has 0 saturated heterocycles. The first-order valence-corrected chi connectivity index (χ1v) is 5.89. The maximum atomic E-state index is 5.93. The lowest BCUT2D eigenvalue weighted by atomic mass is 9.89. The summed E-state index contributed by atoms with van der Waals surface area (Å²) in [6, 6.07) is 3.84. The monoisotopic (exact) mass is 260 g/mol. The number of anilines is 2. The molecule has 0 unspecified atom stereocenters. The maximum Gasteiger partial charge on any atom is 0.0614 e. The van der Waals surface area contributed by atoms with Crippen molar-refractivity contribution in [1.29, 1.82) is 0 Å². The normalized spacial score (nSPS) is 23.9. The van der Waals surface area contributed by atoms with Gasteiger partial charge in [-0.3, -0.25) is 0 Å². The van der Waals surface area contributed by atoms with E-state index in [9.17, 15) is 0 Å². The fourth-order valence-electron chi connectivity index (χ4n) is 1.78. The Balaban J connectivity index is 2.02. The van der Waals surface area contributed by atoms with E-state index in [4.69, 9.17) is 33.7 Å². The number of nitrogens with one attached hydrogen (secondary N) is 1. The zero-order chi connectivity index (χ0) is 11.7. The molecule has 1 saturated carbocycles. The van der Waals surface area contributed by atoms with Crippen molar-refractivity contribution in [3.05, 3.63) is 22.2 Å². The fourth-order valence-corrected chi connectivity index (χ4v) is 2.12. The van der Waals surface area contributed by atoms with E-state index in [-0.39, 0.29) is 0 Å². The van der Waals surface area contributed by atoms with Gasteiger partial charge in [0.2, 0.25) is 0 Å². The summed E-state index contributed by atoms with van der Waals surface area (Å²) in [6.45, 7) is 0. The molecule has 0 bridgehead atoms. The standard InChI is InChI=1S/C11H14Cl2N2O/c1-16-7-2-6(3-7)15-11-5-9(13)8(12)4-10(11)14/h4-7,15H,2-3,14H2,1H3. The first-order valence-electron chi connectivity index (χ1n) is 5.14. The largest absolute Gasteiger partial charge is 0.397 e. The van der Waals surface area contributed by atoms with E-state index >= 15 is 0 Å². The summed E-state index contributed by atoms with van der Waals surface area (Å²) >= 11 is 11.8. The van der Waals surface area contributed by atoms with Gasteiger partial charge in [0.05, 0.1) is 27.5 Å². The van der Waals surface area contributed by atoms with Gasteiger partial charge in [0, 0.05) is 13.2 Å². The van der Waals surface area contributed by atoms with Crippen molar-refractivity contribution in [2.24, 2.45) is 0 Å². The van der Waals surface area contributed by atoms with Crippen LogP contribution in [0.5, 0.6) is 0 Å². The smallest absolute Gasteiger partial charge is 0.0614 e. The lowest BCUT2D eigenvalue weighted by Crippen LogP contribution is -2.40. The third-order valence-electron chi connectivity index (χ3n) is 2.88. The third kappa shape index (κ3) is 2.37. The average molecular weight is 261 g/mol. The molecular weight excluding hydrogens is 247 g/mol. The molecular formula is C11H14Cl2N2O. The molecule has 1 aliphatic rings. The molecule has 0 aromatic heterocycles. The van der Waals surface area contributed by atoms with E-state index in [2.05, 4.69) is 5.32 Å². The van der Waals surface area contributed by atoms with Crippen LogP contribution >= 0.6 is 23.2 Å². The molecule has 1 aliphatic carbocycles. The number of halogens is 2. The first kappa shape index (κ1) is 11.8. The molecule has 0 heterocycles. The van der Waals surface area contributed by atoms with Crippen LogP contribution in [0.15, 0.2) is 12.1 Å². The highest BCUT2D eigenvalue weighted by atomic mass is 35.5. The molecule has 1 aromatic rings. The van der Waals surface area contributed by atoms with Crippen molar-refractivity contribution in [2.75, 3.05) is 18.2 Å². The highest BCUT2D eigenvalue weighted by Gasteiger charge is 2.29. The second-order valence-electron chi connectivity index (χ2n) is 4.02. The topological polar surface area (TPSA) is 47.3 Å². The number of rotatable bonds is 3. The Morgan fingerprint density at radius 3 is 2.56 bits per heavy atom. The van der Waals surface area contributed by atoms with Crippen LogP contribution in [0.1, 0.15) is 12.8 Å². The van der Waals surface area contributed by atoms with E-state index in [1.165, 1.54) is 0 Å². The Hall–Kier alpha value is -0.640. The van der Waals surface area contributed by atoms with Crippen LogP contribution in [0.2, 0.25) is 10.0 Å². The number of hydrogen-bond donors (Lipinski definition) is 2. The molecule has 1 aromatic carbocycles. The Bertz CT molecular complexity index is 392. The molecule has 16 heavy (non-hydrogen) atoms. The predicted molar refractivity (Wildman–Crippen MR) is 68.3 cm³/mol. The Morgan fingerprint density at radius 2 is 1.94 bits per heavy atom. The second-order valence-corrected chi connectivity index (χ2v) is 4.84. The van der Waals surface area contributed by atoms with Crippen molar-refractivity contribution in [2.45, 2.75) is 25.0 Å². The van der Waals surface area contributed by atoms with Crippen molar-refractivity contribution < 1.29 is 4.74 Å². The number of nitrogens with two attached hydrogens (primary N) is 1. The third-order valence-corrected chi connectivity index (χ3v) is 3.60. The Kier molecular flexibility index (Phi) is 3.47. The number of benzene rings is 1. The van der Waals surface area contributed by atoms with Crippen LogP contribution in [0.25, 0.3) is 0 Å². The van der Waals surface area contributed by atoms with Crippen LogP contribution in [0.4, 0.5) is 11.4 Å². The molecule has 0 radical (unpaired) electrons. The minimum Gasteiger partial charge on any atom is -0.397 e. The van der Waals surface area contributed by atoms with Crippen LogP contribution in [0, 0.1) is 0 Å². The fraction of sp³-hybridized carbons (Fsp3) is 0.455. The lowest BCUT2D eigenvalue weighted by molar-refractivity contribution is 0.0329. The summed E-state index contributed by atoms with van der Waals surface area (Å²) in [7, 11) is 1.73. The van der Waals surface area contributed by atoms with Gasteiger partial charge in [0.15, 0.2) is 0 Å². The second kappa shape index (κ2) is 4.70. The van der Waals surface area contributed by atoms with Crippen molar-refractivity contribution >= 4 is 34.6 Å². The van der Waals surface area contributed by atoms with Gasteiger partial charge in [0.25, 0.3) is 0 Å². The minimum absolute atomic E-state index is 0.362. The Morgan fingerprint density at radius 1 is 1.31 bits per heavy atom. The summed E-state index contributed by atoms with van der Waals surface area (Å²) < 4.78 is 5.21. The molecule has 0 amide bonds. The molecule has 88 valence electrons. The number of hydrogen-bond acceptors (Lipinski definition) is 3. The van der Waals surface area contributed by atoms with E-state index in [1.54, 1.807) is 19.2 Å². The SMILES string of the molecule is COC1CC(Nc2cc(Cl)c(Cl)cc2N)C1. The number of nitrogen functional groups attached to an aromatic ring is 1. The molecule has 0 atom stereocenters. The van der Waals surface area contributed by atoms with Gasteiger partial charge in [-0.05, 0) is 25.0 Å².